The number of aromatic carboxylic acids is 1. The van der Waals surface area contributed by atoms with E-state index < -0.39 is 23.2 Å². The molecule has 0 aromatic heterocycles. The number of carboxylic acids is 1. The van der Waals surface area contributed by atoms with Crippen molar-refractivity contribution in [2.45, 2.75) is 39.0 Å². The molecule has 0 saturated heterocycles. The van der Waals surface area contributed by atoms with Crippen LogP contribution in [0.1, 0.15) is 54.9 Å². The Morgan fingerprint density at radius 1 is 1.40 bits per heavy atom. The molecule has 1 aromatic rings. The van der Waals surface area contributed by atoms with Gasteiger partial charge < -0.3 is 5.11 Å². The van der Waals surface area contributed by atoms with Crippen molar-refractivity contribution in [1.82, 2.24) is 0 Å². The Hall–Kier alpha value is -1.71. The molecule has 20 heavy (non-hydrogen) atoms. The maximum atomic E-state index is 14.2. The van der Waals surface area contributed by atoms with Gasteiger partial charge in [0.25, 0.3) is 0 Å². The molecule has 0 amide bonds. The van der Waals surface area contributed by atoms with Crippen LogP contribution in [0.25, 0.3) is 5.57 Å². The quantitative estimate of drug-likeness (QED) is 0.871. The molecule has 0 fully saturated rings. The molecule has 4 heteroatoms. The normalized spacial score (nSPS) is 18.8. The van der Waals surface area contributed by atoms with Gasteiger partial charge in [-0.15, -0.1) is 0 Å². The van der Waals surface area contributed by atoms with Crippen LogP contribution in [0, 0.1) is 17.6 Å². The molecule has 1 aromatic carbocycles. The molecule has 0 aliphatic heterocycles. The summed E-state index contributed by atoms with van der Waals surface area (Å²) in [5.41, 5.74) is 0.148. The topological polar surface area (TPSA) is 37.3 Å². The lowest BCUT2D eigenvalue weighted by Crippen LogP contribution is -2.10. The van der Waals surface area contributed by atoms with Crippen LogP contribution in [-0.4, -0.2) is 11.1 Å². The van der Waals surface area contributed by atoms with Crippen molar-refractivity contribution in [1.29, 1.82) is 0 Å². The molecule has 108 valence electrons. The van der Waals surface area contributed by atoms with Gasteiger partial charge in [0.05, 0.1) is 0 Å². The van der Waals surface area contributed by atoms with Crippen LogP contribution >= 0.6 is 0 Å². The molecule has 2 nitrogen and oxygen atoms in total. The second-order valence-corrected chi connectivity index (χ2v) is 5.25. The van der Waals surface area contributed by atoms with Crippen LogP contribution in [0.2, 0.25) is 0 Å². The third-order valence-electron chi connectivity index (χ3n) is 3.87. The van der Waals surface area contributed by atoms with E-state index in [1.807, 2.05) is 6.08 Å². The lowest BCUT2D eigenvalue weighted by Gasteiger charge is -2.22. The zero-order valence-corrected chi connectivity index (χ0v) is 11.5. The average Bonchev–Trinajstić information content (AvgIpc) is 2.40. The summed E-state index contributed by atoms with van der Waals surface area (Å²) in [6.45, 7) is 2.14. The SMILES string of the molecule is CCCC1CC=C(c2ccc(F)c(C(=O)O)c2F)CC1. The summed E-state index contributed by atoms with van der Waals surface area (Å²) in [6.07, 6.45) is 6.80. The summed E-state index contributed by atoms with van der Waals surface area (Å²) in [6, 6.07) is 2.37. The molecule has 1 N–H and O–H groups in total. The van der Waals surface area contributed by atoms with Crippen molar-refractivity contribution >= 4 is 11.5 Å². The summed E-state index contributed by atoms with van der Waals surface area (Å²) in [5.74, 6) is -2.94. The highest BCUT2D eigenvalue weighted by Gasteiger charge is 2.23. The highest BCUT2D eigenvalue weighted by molar-refractivity contribution is 5.89. The largest absolute Gasteiger partial charge is 0.477 e. The number of rotatable bonds is 4. The minimum absolute atomic E-state index is 0.221. The van der Waals surface area contributed by atoms with E-state index in [1.54, 1.807) is 0 Å². The first kappa shape index (κ1) is 14.7. The predicted octanol–water partition coefficient (Wildman–Crippen LogP) is 4.65. The van der Waals surface area contributed by atoms with Crippen LogP contribution in [0.3, 0.4) is 0 Å². The first-order chi connectivity index (χ1) is 9.54. The second-order valence-electron chi connectivity index (χ2n) is 5.25. The van der Waals surface area contributed by atoms with Crippen LogP contribution < -0.4 is 0 Å². The predicted molar refractivity (Wildman–Crippen MR) is 73.5 cm³/mol. The minimum Gasteiger partial charge on any atom is -0.477 e. The number of hydrogen-bond donors (Lipinski definition) is 1. The number of allylic oxidation sites excluding steroid dienone is 2. The van der Waals surface area contributed by atoms with Crippen molar-refractivity contribution in [2.24, 2.45) is 5.92 Å². The number of hydrogen-bond acceptors (Lipinski definition) is 1. The van der Waals surface area contributed by atoms with Crippen LogP contribution in [0.15, 0.2) is 18.2 Å². The van der Waals surface area contributed by atoms with Gasteiger partial charge in [0.1, 0.15) is 17.2 Å². The first-order valence-electron chi connectivity index (χ1n) is 6.95. The molecular weight excluding hydrogens is 262 g/mol. The summed E-state index contributed by atoms with van der Waals surface area (Å²) < 4.78 is 27.5. The molecular formula is C16H18F2O2. The Morgan fingerprint density at radius 2 is 2.15 bits per heavy atom. The molecule has 0 heterocycles. The van der Waals surface area contributed by atoms with Crippen molar-refractivity contribution < 1.29 is 18.7 Å². The Labute approximate surface area is 117 Å². The van der Waals surface area contributed by atoms with Crippen LogP contribution in [0.5, 0.6) is 0 Å². The van der Waals surface area contributed by atoms with Crippen molar-refractivity contribution in [2.75, 3.05) is 0 Å². The highest BCUT2D eigenvalue weighted by Crippen LogP contribution is 2.34. The first-order valence-corrected chi connectivity index (χ1v) is 6.95. The average molecular weight is 280 g/mol. The number of carbonyl (C=O) groups is 1. The Morgan fingerprint density at radius 3 is 2.70 bits per heavy atom. The van der Waals surface area contributed by atoms with E-state index in [0.717, 1.165) is 37.3 Å². The Kier molecular flexibility index (Phi) is 4.53. The lowest BCUT2D eigenvalue weighted by atomic mass is 9.84. The molecule has 0 spiro atoms. The van der Waals surface area contributed by atoms with Crippen molar-refractivity contribution in [3.05, 3.63) is 41.0 Å². The van der Waals surface area contributed by atoms with Gasteiger partial charge in [-0.3, -0.25) is 0 Å². The van der Waals surface area contributed by atoms with Gasteiger partial charge in [-0.1, -0.05) is 25.8 Å². The zero-order chi connectivity index (χ0) is 14.7. The maximum absolute atomic E-state index is 14.2. The number of halogens is 2. The molecule has 0 bridgehead atoms. The molecule has 1 unspecified atom stereocenters. The van der Waals surface area contributed by atoms with E-state index in [0.29, 0.717) is 12.3 Å². The van der Waals surface area contributed by atoms with E-state index in [1.165, 1.54) is 6.07 Å². The zero-order valence-electron chi connectivity index (χ0n) is 11.5. The fraction of sp³-hybridized carbons (Fsp3) is 0.438. The number of carboxylic acid groups (broad SMARTS) is 1. The molecule has 1 atom stereocenters. The van der Waals surface area contributed by atoms with E-state index in [9.17, 15) is 13.6 Å². The third-order valence-corrected chi connectivity index (χ3v) is 3.87. The van der Waals surface area contributed by atoms with Crippen molar-refractivity contribution in [3.63, 3.8) is 0 Å². The maximum Gasteiger partial charge on any atom is 0.341 e. The third kappa shape index (κ3) is 2.89. The van der Waals surface area contributed by atoms with Crippen LogP contribution in [0.4, 0.5) is 8.78 Å². The van der Waals surface area contributed by atoms with E-state index in [-0.39, 0.29) is 5.56 Å². The smallest absolute Gasteiger partial charge is 0.341 e. The monoisotopic (exact) mass is 280 g/mol. The highest BCUT2D eigenvalue weighted by atomic mass is 19.1. The summed E-state index contributed by atoms with van der Waals surface area (Å²) in [4.78, 5) is 10.9. The molecule has 0 saturated carbocycles. The van der Waals surface area contributed by atoms with E-state index in [4.69, 9.17) is 5.11 Å². The standard InChI is InChI=1S/C16H18F2O2/c1-2-3-10-4-6-11(7-5-10)12-8-9-13(17)14(15(12)18)16(19)20/h6,8-10H,2-5,7H2,1H3,(H,19,20). The number of benzene rings is 1. The van der Waals surface area contributed by atoms with Gasteiger partial charge >= 0.3 is 5.97 Å². The fourth-order valence-corrected chi connectivity index (χ4v) is 2.80. The Balaban J connectivity index is 2.31. The lowest BCUT2D eigenvalue weighted by molar-refractivity contribution is 0.0686. The molecule has 1 aliphatic carbocycles. The van der Waals surface area contributed by atoms with Crippen molar-refractivity contribution in [3.8, 4) is 0 Å². The molecule has 1 aliphatic rings. The van der Waals surface area contributed by atoms with Gasteiger partial charge in [-0.25, -0.2) is 13.6 Å². The van der Waals surface area contributed by atoms with Crippen LogP contribution in [-0.2, 0) is 0 Å². The van der Waals surface area contributed by atoms with E-state index >= 15 is 0 Å². The summed E-state index contributed by atoms with van der Waals surface area (Å²) in [5, 5.41) is 8.88. The van der Waals surface area contributed by atoms with E-state index in [2.05, 4.69) is 6.92 Å². The van der Waals surface area contributed by atoms with Gasteiger partial charge in [0, 0.05) is 5.56 Å². The Bertz CT molecular complexity index is 550. The fourth-order valence-electron chi connectivity index (χ4n) is 2.80. The molecule has 2 rings (SSSR count). The van der Waals surface area contributed by atoms with Gasteiger partial charge in [0.15, 0.2) is 0 Å². The van der Waals surface area contributed by atoms with Gasteiger partial charge in [0.2, 0.25) is 0 Å². The molecule has 0 radical (unpaired) electrons. The van der Waals surface area contributed by atoms with Gasteiger partial charge in [-0.2, -0.15) is 0 Å². The summed E-state index contributed by atoms with van der Waals surface area (Å²) in [7, 11) is 0. The second kappa shape index (κ2) is 6.16. The summed E-state index contributed by atoms with van der Waals surface area (Å²) >= 11 is 0. The van der Waals surface area contributed by atoms with Gasteiger partial charge in [-0.05, 0) is 42.9 Å². The minimum atomic E-state index is -1.57.